The van der Waals surface area contributed by atoms with Gasteiger partial charge in [0.15, 0.2) is 6.10 Å². The monoisotopic (exact) mass is 869 g/mol. The number of carbonyl (C=O) groups is 3. The largest absolute Gasteiger partial charge is 0.462 e. The van der Waals surface area contributed by atoms with E-state index < -0.39 is 6.10 Å². The molecule has 6 nitrogen and oxygen atoms in total. The highest BCUT2D eigenvalue weighted by Crippen LogP contribution is 2.11. The number of rotatable bonds is 42. The van der Waals surface area contributed by atoms with Gasteiger partial charge in [-0.1, -0.05) is 180 Å². The maximum absolute atomic E-state index is 12.8. The number of hydrogen-bond donors (Lipinski definition) is 0. The van der Waals surface area contributed by atoms with Crippen LogP contribution in [0.15, 0.2) is 134 Å². The molecule has 0 heterocycles. The van der Waals surface area contributed by atoms with Crippen LogP contribution in [0.25, 0.3) is 0 Å². The molecule has 0 saturated heterocycles. The minimum Gasteiger partial charge on any atom is -0.462 e. The lowest BCUT2D eigenvalue weighted by Crippen LogP contribution is -2.30. The van der Waals surface area contributed by atoms with Crippen molar-refractivity contribution in [3.63, 3.8) is 0 Å². The molecule has 1 unspecified atom stereocenters. The lowest BCUT2D eigenvalue weighted by Gasteiger charge is -2.18. The number of unbranched alkanes of at least 4 members (excludes halogenated alkanes) is 9. The second kappa shape index (κ2) is 50.2. The summed E-state index contributed by atoms with van der Waals surface area (Å²) < 4.78 is 16.7. The molecule has 0 aromatic heterocycles. The average molecular weight is 869 g/mol. The molecule has 0 fully saturated rings. The van der Waals surface area contributed by atoms with Gasteiger partial charge in [0.2, 0.25) is 0 Å². The molecule has 0 aliphatic rings. The van der Waals surface area contributed by atoms with Gasteiger partial charge in [-0.3, -0.25) is 14.4 Å². The molecule has 1 atom stereocenters. The Morgan fingerprint density at radius 1 is 0.317 bits per heavy atom. The Morgan fingerprint density at radius 3 is 0.937 bits per heavy atom. The number of allylic oxidation sites excluding steroid dienone is 22. The van der Waals surface area contributed by atoms with Crippen LogP contribution in [0.2, 0.25) is 0 Å². The molecule has 0 rings (SSSR count). The molecule has 0 N–H and O–H groups in total. The van der Waals surface area contributed by atoms with Crippen LogP contribution in [0.4, 0.5) is 0 Å². The average Bonchev–Trinajstić information content (AvgIpc) is 3.28. The van der Waals surface area contributed by atoms with E-state index in [9.17, 15) is 14.4 Å². The molecule has 0 saturated carbocycles. The number of ether oxygens (including phenoxy) is 3. The SMILES string of the molecule is CC/C=C\C/C=C\C/C=C\C/C=C\C/C=C\CCCC(=O)OCC(COC(=O)CCCCCC/C=C\C/C=C\C/C=C\CC)OC(=O)CCCCCC/C=C\C/C=C\C/C=C\CC. The van der Waals surface area contributed by atoms with Crippen molar-refractivity contribution in [2.45, 2.75) is 194 Å². The third-order valence-corrected chi connectivity index (χ3v) is 9.63. The molecule has 0 aromatic rings. The molecule has 0 radical (unpaired) electrons. The molecular weight excluding hydrogens is 781 g/mol. The van der Waals surface area contributed by atoms with Crippen molar-refractivity contribution in [1.29, 1.82) is 0 Å². The Kier molecular flexibility index (Phi) is 46.7. The van der Waals surface area contributed by atoms with Gasteiger partial charge >= 0.3 is 17.9 Å². The van der Waals surface area contributed by atoms with Crippen LogP contribution in [0.5, 0.6) is 0 Å². The van der Waals surface area contributed by atoms with Crippen molar-refractivity contribution in [1.82, 2.24) is 0 Å². The third-order valence-electron chi connectivity index (χ3n) is 9.63. The van der Waals surface area contributed by atoms with Gasteiger partial charge in [-0.15, -0.1) is 0 Å². The summed E-state index contributed by atoms with van der Waals surface area (Å²) in [6, 6.07) is 0. The summed E-state index contributed by atoms with van der Waals surface area (Å²) in [6.45, 7) is 6.18. The summed E-state index contributed by atoms with van der Waals surface area (Å²) in [4.78, 5) is 37.9. The minimum absolute atomic E-state index is 0.122. The van der Waals surface area contributed by atoms with Gasteiger partial charge in [-0.25, -0.2) is 0 Å². The van der Waals surface area contributed by atoms with Crippen molar-refractivity contribution in [2.24, 2.45) is 0 Å². The zero-order valence-corrected chi connectivity index (χ0v) is 40.0. The van der Waals surface area contributed by atoms with Gasteiger partial charge < -0.3 is 14.2 Å². The van der Waals surface area contributed by atoms with Crippen molar-refractivity contribution in [2.75, 3.05) is 13.2 Å². The van der Waals surface area contributed by atoms with E-state index in [0.29, 0.717) is 12.8 Å². The fraction of sp³-hybridized carbons (Fsp3) is 0.561. The highest BCUT2D eigenvalue weighted by atomic mass is 16.6. The summed E-state index contributed by atoms with van der Waals surface area (Å²) in [5, 5.41) is 0. The summed E-state index contributed by atoms with van der Waals surface area (Å²) in [5.41, 5.74) is 0. The van der Waals surface area contributed by atoms with Gasteiger partial charge in [0.05, 0.1) is 0 Å². The molecule has 63 heavy (non-hydrogen) atoms. The first kappa shape index (κ1) is 58.6. The van der Waals surface area contributed by atoms with E-state index in [-0.39, 0.29) is 44.0 Å². The maximum Gasteiger partial charge on any atom is 0.306 e. The van der Waals surface area contributed by atoms with Crippen LogP contribution in [0.1, 0.15) is 188 Å². The van der Waals surface area contributed by atoms with E-state index in [1.54, 1.807) is 0 Å². The van der Waals surface area contributed by atoms with E-state index in [0.717, 1.165) is 141 Å². The molecule has 0 aliphatic carbocycles. The van der Waals surface area contributed by atoms with E-state index in [1.165, 1.54) is 0 Å². The van der Waals surface area contributed by atoms with Gasteiger partial charge in [0.25, 0.3) is 0 Å². The standard InChI is InChI=1S/C57H88O6/c1-4-7-10-13-16-19-22-25-28-29-30-33-35-38-41-44-47-50-56(59)62-53-54(63-57(60)51-48-45-42-39-36-32-27-24-21-18-15-12-9-6-3)52-61-55(58)49-46-43-40-37-34-31-26-23-20-17-14-11-8-5-2/h7-12,16-21,25-28,30-33,38,41,54H,4-6,13-15,22-24,29,34-37,39-40,42-53H2,1-3H3/b10-7-,11-8-,12-9-,19-16-,20-17-,21-18-,28-25-,31-26-,32-27-,33-30-,41-38-. The van der Waals surface area contributed by atoms with Crippen LogP contribution in [0.3, 0.4) is 0 Å². The Bertz CT molecular complexity index is 1420. The zero-order chi connectivity index (χ0) is 45.8. The third kappa shape index (κ3) is 48.4. The first-order chi connectivity index (χ1) is 31.0. The smallest absolute Gasteiger partial charge is 0.306 e. The second-order valence-electron chi connectivity index (χ2n) is 15.6. The lowest BCUT2D eigenvalue weighted by molar-refractivity contribution is -0.167. The predicted molar refractivity (Wildman–Crippen MR) is 269 cm³/mol. The fourth-order valence-corrected chi connectivity index (χ4v) is 6.03. The van der Waals surface area contributed by atoms with Crippen molar-refractivity contribution in [3.8, 4) is 0 Å². The summed E-state index contributed by atoms with van der Waals surface area (Å²) in [7, 11) is 0. The maximum atomic E-state index is 12.8. The Balaban J connectivity index is 4.58. The van der Waals surface area contributed by atoms with E-state index in [4.69, 9.17) is 14.2 Å². The van der Waals surface area contributed by atoms with Gasteiger partial charge in [0.1, 0.15) is 13.2 Å². The molecule has 6 heteroatoms. The minimum atomic E-state index is -0.826. The number of hydrogen-bond acceptors (Lipinski definition) is 6. The second-order valence-corrected chi connectivity index (χ2v) is 15.6. The van der Waals surface area contributed by atoms with Crippen molar-refractivity contribution < 1.29 is 28.6 Å². The van der Waals surface area contributed by atoms with Gasteiger partial charge in [-0.05, 0) is 122 Å². The van der Waals surface area contributed by atoms with Gasteiger partial charge in [-0.2, -0.15) is 0 Å². The quantitative estimate of drug-likeness (QED) is 0.0263. The molecule has 352 valence electrons. The molecule has 0 aliphatic heterocycles. The normalized spacial score (nSPS) is 13.3. The van der Waals surface area contributed by atoms with E-state index in [1.807, 2.05) is 0 Å². The summed E-state index contributed by atoms with van der Waals surface area (Å²) in [5.74, 6) is -1.04. The first-order valence-corrected chi connectivity index (χ1v) is 24.7. The number of esters is 3. The Hall–Kier alpha value is -4.45. The Labute approximate surface area is 385 Å². The van der Waals surface area contributed by atoms with Crippen LogP contribution >= 0.6 is 0 Å². The molecule has 0 bridgehead atoms. The van der Waals surface area contributed by atoms with E-state index in [2.05, 4.69) is 154 Å². The lowest BCUT2D eigenvalue weighted by atomic mass is 10.1. The van der Waals surface area contributed by atoms with Crippen molar-refractivity contribution in [3.05, 3.63) is 134 Å². The number of carbonyl (C=O) groups excluding carboxylic acids is 3. The molecule has 0 aromatic carbocycles. The van der Waals surface area contributed by atoms with Crippen LogP contribution in [0, 0.1) is 0 Å². The van der Waals surface area contributed by atoms with Crippen molar-refractivity contribution >= 4 is 17.9 Å². The fourth-order valence-electron chi connectivity index (χ4n) is 6.03. The van der Waals surface area contributed by atoms with E-state index >= 15 is 0 Å². The highest BCUT2D eigenvalue weighted by molar-refractivity contribution is 5.71. The predicted octanol–water partition coefficient (Wildman–Crippen LogP) is 16.3. The zero-order valence-electron chi connectivity index (χ0n) is 40.0. The van der Waals surface area contributed by atoms with Crippen LogP contribution in [-0.2, 0) is 28.6 Å². The van der Waals surface area contributed by atoms with Gasteiger partial charge in [0, 0.05) is 19.3 Å². The molecular formula is C57H88O6. The molecule has 0 spiro atoms. The first-order valence-electron chi connectivity index (χ1n) is 24.7. The highest BCUT2D eigenvalue weighted by Gasteiger charge is 2.19. The Morgan fingerprint density at radius 2 is 0.587 bits per heavy atom. The summed E-state index contributed by atoms with van der Waals surface area (Å²) in [6.07, 6.45) is 70.1. The van der Waals surface area contributed by atoms with Crippen LogP contribution in [-0.4, -0.2) is 37.2 Å². The topological polar surface area (TPSA) is 78.9 Å². The van der Waals surface area contributed by atoms with Crippen LogP contribution < -0.4 is 0 Å². The molecule has 0 amide bonds. The summed E-state index contributed by atoms with van der Waals surface area (Å²) >= 11 is 0.